The van der Waals surface area contributed by atoms with Crippen LogP contribution in [-0.4, -0.2) is 25.1 Å². The summed E-state index contributed by atoms with van der Waals surface area (Å²) in [4.78, 5) is 10.8. The molecule has 4 heteroatoms. The molecule has 1 rings (SSSR count). The molecule has 3 nitrogen and oxygen atoms in total. The molecule has 0 radical (unpaired) electrons. The van der Waals surface area contributed by atoms with Crippen molar-refractivity contribution in [3.05, 3.63) is 42.5 Å². The third kappa shape index (κ3) is 5.84. The SMILES string of the molecule is C=CCOCCCCOc1ccc(C(=O)Cl)cc1. The topological polar surface area (TPSA) is 35.5 Å². The first kappa shape index (κ1) is 14.7. The highest BCUT2D eigenvalue weighted by atomic mass is 35.5. The van der Waals surface area contributed by atoms with Gasteiger partial charge in [0.05, 0.1) is 13.2 Å². The van der Waals surface area contributed by atoms with Gasteiger partial charge in [0.2, 0.25) is 0 Å². The lowest BCUT2D eigenvalue weighted by atomic mass is 10.2. The van der Waals surface area contributed by atoms with E-state index in [0.717, 1.165) is 25.2 Å². The standard InChI is InChI=1S/C14H17ClO3/c1-2-9-17-10-3-4-11-18-13-7-5-12(6-8-13)14(15)16/h2,5-8H,1,3-4,9-11H2. The van der Waals surface area contributed by atoms with Crippen molar-refractivity contribution in [3.63, 3.8) is 0 Å². The van der Waals surface area contributed by atoms with Crippen LogP contribution in [0.15, 0.2) is 36.9 Å². The molecule has 0 spiro atoms. The zero-order valence-corrected chi connectivity index (χ0v) is 11.0. The second-order valence-electron chi connectivity index (χ2n) is 3.72. The molecular formula is C14H17ClO3. The van der Waals surface area contributed by atoms with Crippen molar-refractivity contribution in [1.82, 2.24) is 0 Å². The first-order valence-electron chi connectivity index (χ1n) is 5.85. The van der Waals surface area contributed by atoms with E-state index in [1.807, 2.05) is 0 Å². The summed E-state index contributed by atoms with van der Waals surface area (Å²) in [7, 11) is 0. The Kier molecular flexibility index (Phi) is 7.14. The molecule has 18 heavy (non-hydrogen) atoms. The van der Waals surface area contributed by atoms with Gasteiger partial charge in [0.1, 0.15) is 5.75 Å². The van der Waals surface area contributed by atoms with Crippen LogP contribution < -0.4 is 4.74 Å². The molecule has 0 aliphatic carbocycles. The minimum Gasteiger partial charge on any atom is -0.494 e. The molecule has 0 heterocycles. The Morgan fingerprint density at radius 3 is 2.50 bits per heavy atom. The highest BCUT2D eigenvalue weighted by molar-refractivity contribution is 6.67. The van der Waals surface area contributed by atoms with Crippen LogP contribution in [0.4, 0.5) is 0 Å². The monoisotopic (exact) mass is 268 g/mol. The van der Waals surface area contributed by atoms with Gasteiger partial charge in [-0.3, -0.25) is 4.79 Å². The van der Waals surface area contributed by atoms with E-state index < -0.39 is 5.24 Å². The maximum absolute atomic E-state index is 10.8. The predicted molar refractivity (Wildman–Crippen MR) is 72.4 cm³/mol. The van der Waals surface area contributed by atoms with Crippen LogP contribution in [0.3, 0.4) is 0 Å². The van der Waals surface area contributed by atoms with Gasteiger partial charge in [-0.05, 0) is 48.7 Å². The molecule has 0 atom stereocenters. The Bertz CT molecular complexity index is 373. The maximum Gasteiger partial charge on any atom is 0.252 e. The van der Waals surface area contributed by atoms with Crippen LogP contribution in [0.1, 0.15) is 23.2 Å². The van der Waals surface area contributed by atoms with E-state index in [4.69, 9.17) is 21.1 Å². The minimum absolute atomic E-state index is 0.457. The summed E-state index contributed by atoms with van der Waals surface area (Å²) in [5.41, 5.74) is 0.474. The van der Waals surface area contributed by atoms with Crippen molar-refractivity contribution in [2.24, 2.45) is 0 Å². The predicted octanol–water partition coefficient (Wildman–Crippen LogP) is 3.43. The van der Waals surface area contributed by atoms with Crippen LogP contribution >= 0.6 is 11.6 Å². The van der Waals surface area contributed by atoms with Gasteiger partial charge >= 0.3 is 0 Å². The summed E-state index contributed by atoms with van der Waals surface area (Å²) < 4.78 is 10.8. The highest BCUT2D eigenvalue weighted by Gasteiger charge is 2.01. The first-order chi connectivity index (χ1) is 8.74. The third-order valence-corrected chi connectivity index (χ3v) is 2.49. The van der Waals surface area contributed by atoms with E-state index in [-0.39, 0.29) is 0 Å². The number of hydrogen-bond acceptors (Lipinski definition) is 3. The molecule has 0 saturated heterocycles. The molecular weight excluding hydrogens is 252 g/mol. The fraction of sp³-hybridized carbons (Fsp3) is 0.357. The van der Waals surface area contributed by atoms with Gasteiger partial charge in [0.15, 0.2) is 0 Å². The van der Waals surface area contributed by atoms with Crippen LogP contribution in [0, 0.1) is 0 Å². The van der Waals surface area contributed by atoms with Gasteiger partial charge in [0, 0.05) is 12.2 Å². The van der Waals surface area contributed by atoms with Gasteiger partial charge < -0.3 is 9.47 Å². The first-order valence-corrected chi connectivity index (χ1v) is 6.23. The zero-order valence-electron chi connectivity index (χ0n) is 10.2. The summed E-state index contributed by atoms with van der Waals surface area (Å²) >= 11 is 5.34. The van der Waals surface area contributed by atoms with E-state index in [2.05, 4.69) is 6.58 Å². The van der Waals surface area contributed by atoms with Gasteiger partial charge in [-0.25, -0.2) is 0 Å². The lowest BCUT2D eigenvalue weighted by Gasteiger charge is -2.06. The third-order valence-electron chi connectivity index (χ3n) is 2.27. The Labute approximate surface area is 112 Å². The average Bonchev–Trinajstić information content (AvgIpc) is 2.38. The van der Waals surface area contributed by atoms with E-state index in [9.17, 15) is 4.79 Å². The fourth-order valence-corrected chi connectivity index (χ4v) is 1.47. The second kappa shape index (κ2) is 8.72. The van der Waals surface area contributed by atoms with Gasteiger partial charge in [-0.1, -0.05) is 6.08 Å². The Morgan fingerprint density at radius 1 is 1.22 bits per heavy atom. The summed E-state index contributed by atoms with van der Waals surface area (Å²) in [6, 6.07) is 6.78. The van der Waals surface area contributed by atoms with Crippen molar-refractivity contribution < 1.29 is 14.3 Å². The second-order valence-corrected chi connectivity index (χ2v) is 4.06. The molecule has 0 bridgehead atoms. The Morgan fingerprint density at radius 2 is 1.89 bits per heavy atom. The number of rotatable bonds is 9. The van der Waals surface area contributed by atoms with E-state index in [0.29, 0.717) is 18.8 Å². The van der Waals surface area contributed by atoms with E-state index >= 15 is 0 Å². The number of hydrogen-bond donors (Lipinski definition) is 0. The zero-order chi connectivity index (χ0) is 13.2. The molecule has 0 saturated carbocycles. The summed E-state index contributed by atoms with van der Waals surface area (Å²) in [6.07, 6.45) is 3.61. The number of carbonyl (C=O) groups excluding carboxylic acids is 1. The highest BCUT2D eigenvalue weighted by Crippen LogP contribution is 2.13. The smallest absolute Gasteiger partial charge is 0.252 e. The van der Waals surface area contributed by atoms with Crippen LogP contribution in [-0.2, 0) is 4.74 Å². The fourth-order valence-electron chi connectivity index (χ4n) is 1.35. The quantitative estimate of drug-likeness (QED) is 0.391. The number of benzene rings is 1. The molecule has 0 aliphatic heterocycles. The molecule has 0 aromatic heterocycles. The summed E-state index contributed by atoms with van der Waals surface area (Å²) in [5, 5.41) is -0.457. The van der Waals surface area contributed by atoms with E-state index in [1.54, 1.807) is 30.3 Å². The number of unbranched alkanes of at least 4 members (excludes halogenated alkanes) is 1. The molecule has 0 aliphatic rings. The number of carbonyl (C=O) groups is 1. The lowest BCUT2D eigenvalue weighted by molar-refractivity contribution is 0.108. The molecule has 0 N–H and O–H groups in total. The summed E-state index contributed by atoms with van der Waals surface area (Å²) in [5.74, 6) is 0.740. The van der Waals surface area contributed by atoms with E-state index in [1.165, 1.54) is 0 Å². The van der Waals surface area contributed by atoms with Crippen molar-refractivity contribution in [3.8, 4) is 5.75 Å². The normalized spacial score (nSPS) is 10.1. The van der Waals surface area contributed by atoms with Crippen LogP contribution in [0.2, 0.25) is 0 Å². The molecule has 0 amide bonds. The Balaban J connectivity index is 2.15. The van der Waals surface area contributed by atoms with Crippen molar-refractivity contribution >= 4 is 16.8 Å². The molecule has 1 aromatic rings. The minimum atomic E-state index is -0.457. The molecule has 0 unspecified atom stereocenters. The van der Waals surface area contributed by atoms with Crippen molar-refractivity contribution in [1.29, 1.82) is 0 Å². The summed E-state index contributed by atoms with van der Waals surface area (Å²) in [6.45, 7) is 5.51. The average molecular weight is 269 g/mol. The van der Waals surface area contributed by atoms with Crippen molar-refractivity contribution in [2.45, 2.75) is 12.8 Å². The van der Waals surface area contributed by atoms with Gasteiger partial charge in [0.25, 0.3) is 5.24 Å². The molecule has 0 fully saturated rings. The largest absolute Gasteiger partial charge is 0.494 e. The van der Waals surface area contributed by atoms with Crippen LogP contribution in [0.25, 0.3) is 0 Å². The van der Waals surface area contributed by atoms with Gasteiger partial charge in [-0.15, -0.1) is 6.58 Å². The van der Waals surface area contributed by atoms with Crippen LogP contribution in [0.5, 0.6) is 5.75 Å². The number of ether oxygens (including phenoxy) is 2. The lowest BCUT2D eigenvalue weighted by Crippen LogP contribution is -2.01. The van der Waals surface area contributed by atoms with Gasteiger partial charge in [-0.2, -0.15) is 0 Å². The molecule has 98 valence electrons. The Hall–Kier alpha value is -1.32. The molecule has 1 aromatic carbocycles. The number of halogens is 1. The van der Waals surface area contributed by atoms with Crippen molar-refractivity contribution in [2.75, 3.05) is 19.8 Å². The maximum atomic E-state index is 10.8.